The Hall–Kier alpha value is -1.56. The van der Waals surface area contributed by atoms with Crippen LogP contribution in [0, 0.1) is 5.92 Å². The summed E-state index contributed by atoms with van der Waals surface area (Å²) < 4.78 is 26.3. The van der Waals surface area contributed by atoms with E-state index in [1.165, 1.54) is 0 Å². The molecule has 0 aliphatic rings. The Balaban J connectivity index is 2.18. The second-order valence-corrected chi connectivity index (χ2v) is 6.56. The number of aromatic amines is 1. The molecule has 0 bridgehead atoms. The van der Waals surface area contributed by atoms with Crippen molar-refractivity contribution in [3.8, 4) is 0 Å². The van der Waals surface area contributed by atoms with Crippen LogP contribution >= 0.6 is 0 Å². The van der Waals surface area contributed by atoms with Crippen molar-refractivity contribution in [1.82, 2.24) is 10.2 Å². The maximum absolute atomic E-state index is 11.9. The lowest BCUT2D eigenvalue weighted by atomic mass is 10.2. The molecule has 1 aromatic heterocycles. The standard InChI is InChI=1S/C12H17N3O2S/c1-9(2)7-8-18(16,17)15-12-10-5-3-4-6-11(10)13-14-12/h3-6,9H,7-8H2,1-2H3,(H2,13,14,15). The molecule has 18 heavy (non-hydrogen) atoms. The van der Waals surface area contributed by atoms with Crippen molar-refractivity contribution in [2.75, 3.05) is 10.5 Å². The predicted octanol–water partition coefficient (Wildman–Crippen LogP) is 2.35. The minimum absolute atomic E-state index is 0.117. The van der Waals surface area contributed by atoms with Crippen molar-refractivity contribution in [3.05, 3.63) is 24.3 Å². The number of nitrogens with one attached hydrogen (secondary N) is 2. The molecule has 2 aromatic rings. The Morgan fingerprint density at radius 1 is 1.33 bits per heavy atom. The Labute approximate surface area is 107 Å². The van der Waals surface area contributed by atoms with Gasteiger partial charge in [-0.05, 0) is 24.5 Å². The van der Waals surface area contributed by atoms with Crippen LogP contribution in [0.4, 0.5) is 5.82 Å². The zero-order chi connectivity index (χ0) is 13.2. The summed E-state index contributed by atoms with van der Waals surface area (Å²) in [5.74, 6) is 0.845. The van der Waals surface area contributed by atoms with Gasteiger partial charge in [0.1, 0.15) is 0 Å². The molecule has 0 amide bonds. The fourth-order valence-corrected chi connectivity index (χ4v) is 2.96. The minimum atomic E-state index is -3.32. The summed E-state index contributed by atoms with van der Waals surface area (Å²) in [7, 11) is -3.32. The molecule has 1 aromatic carbocycles. The molecule has 0 spiro atoms. The number of H-pyrrole nitrogens is 1. The highest BCUT2D eigenvalue weighted by Gasteiger charge is 2.14. The molecule has 0 atom stereocenters. The third-order valence-electron chi connectivity index (χ3n) is 2.69. The average Bonchev–Trinajstić information content (AvgIpc) is 2.70. The number of benzene rings is 1. The highest BCUT2D eigenvalue weighted by atomic mass is 32.2. The molecule has 1 heterocycles. The fourth-order valence-electron chi connectivity index (χ4n) is 1.63. The fraction of sp³-hybridized carbons (Fsp3) is 0.417. The Morgan fingerprint density at radius 2 is 2.06 bits per heavy atom. The molecule has 0 aliphatic carbocycles. The van der Waals surface area contributed by atoms with Crippen LogP contribution in [-0.2, 0) is 10.0 Å². The summed E-state index contributed by atoms with van der Waals surface area (Å²) in [6.45, 7) is 4.00. The van der Waals surface area contributed by atoms with Gasteiger partial charge < -0.3 is 0 Å². The minimum Gasteiger partial charge on any atom is -0.276 e. The normalized spacial score (nSPS) is 12.2. The number of hydrogen-bond acceptors (Lipinski definition) is 3. The van der Waals surface area contributed by atoms with E-state index in [9.17, 15) is 8.42 Å². The van der Waals surface area contributed by atoms with Crippen LogP contribution in [0.1, 0.15) is 20.3 Å². The van der Waals surface area contributed by atoms with Gasteiger partial charge in [0.2, 0.25) is 10.0 Å². The Morgan fingerprint density at radius 3 is 2.78 bits per heavy atom. The quantitative estimate of drug-likeness (QED) is 0.873. The molecule has 6 heteroatoms. The highest BCUT2D eigenvalue weighted by molar-refractivity contribution is 7.92. The van der Waals surface area contributed by atoms with Crippen molar-refractivity contribution in [3.63, 3.8) is 0 Å². The summed E-state index contributed by atoms with van der Waals surface area (Å²) in [5, 5.41) is 7.57. The van der Waals surface area contributed by atoms with Gasteiger partial charge >= 0.3 is 0 Å². The summed E-state index contributed by atoms with van der Waals surface area (Å²) in [4.78, 5) is 0. The maximum Gasteiger partial charge on any atom is 0.233 e. The van der Waals surface area contributed by atoms with E-state index in [2.05, 4.69) is 14.9 Å². The van der Waals surface area contributed by atoms with E-state index in [0.29, 0.717) is 18.2 Å². The first-order valence-electron chi connectivity index (χ1n) is 5.91. The van der Waals surface area contributed by atoms with Crippen LogP contribution in [0.2, 0.25) is 0 Å². The van der Waals surface area contributed by atoms with Crippen molar-refractivity contribution in [1.29, 1.82) is 0 Å². The number of anilines is 1. The first-order chi connectivity index (χ1) is 8.48. The SMILES string of the molecule is CC(C)CCS(=O)(=O)Nc1n[nH]c2ccccc12. The van der Waals surface area contributed by atoms with Crippen molar-refractivity contribution in [2.45, 2.75) is 20.3 Å². The topological polar surface area (TPSA) is 74.8 Å². The van der Waals surface area contributed by atoms with Gasteiger partial charge in [0.05, 0.1) is 11.3 Å². The van der Waals surface area contributed by atoms with Crippen LogP contribution in [0.3, 0.4) is 0 Å². The molecule has 2 rings (SSSR count). The summed E-state index contributed by atoms with van der Waals surface area (Å²) in [5.41, 5.74) is 0.819. The number of hydrogen-bond donors (Lipinski definition) is 2. The lowest BCUT2D eigenvalue weighted by Crippen LogP contribution is -2.18. The van der Waals surface area contributed by atoms with Gasteiger partial charge in [-0.15, -0.1) is 0 Å². The Bertz CT molecular complexity index is 632. The number of aromatic nitrogens is 2. The van der Waals surface area contributed by atoms with Gasteiger partial charge in [0.15, 0.2) is 5.82 Å². The van der Waals surface area contributed by atoms with E-state index in [0.717, 1.165) is 10.9 Å². The third-order valence-corrected chi connectivity index (χ3v) is 3.96. The van der Waals surface area contributed by atoms with E-state index < -0.39 is 10.0 Å². The summed E-state index contributed by atoms with van der Waals surface area (Å²) in [6.07, 6.45) is 0.637. The van der Waals surface area contributed by atoms with Gasteiger partial charge in [0.25, 0.3) is 0 Å². The molecule has 0 saturated carbocycles. The Kier molecular flexibility index (Phi) is 3.56. The smallest absolute Gasteiger partial charge is 0.233 e. The first-order valence-corrected chi connectivity index (χ1v) is 7.57. The second kappa shape index (κ2) is 4.97. The van der Waals surface area contributed by atoms with Gasteiger partial charge in [-0.3, -0.25) is 9.82 Å². The van der Waals surface area contributed by atoms with E-state index in [4.69, 9.17) is 0 Å². The number of sulfonamides is 1. The van der Waals surface area contributed by atoms with Crippen molar-refractivity contribution in [2.24, 2.45) is 5.92 Å². The van der Waals surface area contributed by atoms with Crippen LogP contribution in [0.5, 0.6) is 0 Å². The van der Waals surface area contributed by atoms with E-state index >= 15 is 0 Å². The summed E-state index contributed by atoms with van der Waals surface area (Å²) >= 11 is 0. The molecule has 0 unspecified atom stereocenters. The molecule has 5 nitrogen and oxygen atoms in total. The first kappa shape index (κ1) is 12.9. The summed E-state index contributed by atoms with van der Waals surface area (Å²) in [6, 6.07) is 7.41. The monoisotopic (exact) mass is 267 g/mol. The maximum atomic E-state index is 11.9. The van der Waals surface area contributed by atoms with E-state index in [1.54, 1.807) is 0 Å². The molecule has 0 radical (unpaired) electrons. The molecular formula is C12H17N3O2S. The number of fused-ring (bicyclic) bond motifs is 1. The van der Waals surface area contributed by atoms with Gasteiger partial charge in [-0.2, -0.15) is 5.10 Å². The lowest BCUT2D eigenvalue weighted by molar-refractivity contribution is 0.578. The third kappa shape index (κ3) is 3.01. The van der Waals surface area contributed by atoms with Crippen LogP contribution < -0.4 is 4.72 Å². The zero-order valence-corrected chi connectivity index (χ0v) is 11.3. The van der Waals surface area contributed by atoms with Gasteiger partial charge in [-0.25, -0.2) is 8.42 Å². The van der Waals surface area contributed by atoms with Crippen LogP contribution in [-0.4, -0.2) is 24.4 Å². The predicted molar refractivity (Wildman–Crippen MR) is 73.0 cm³/mol. The number of rotatable bonds is 5. The number of nitrogens with zero attached hydrogens (tertiary/aromatic N) is 1. The van der Waals surface area contributed by atoms with Crippen LogP contribution in [0.15, 0.2) is 24.3 Å². The molecule has 98 valence electrons. The van der Waals surface area contributed by atoms with Crippen molar-refractivity contribution < 1.29 is 8.42 Å². The van der Waals surface area contributed by atoms with Crippen LogP contribution in [0.25, 0.3) is 10.9 Å². The molecular weight excluding hydrogens is 250 g/mol. The second-order valence-electron chi connectivity index (χ2n) is 4.72. The zero-order valence-electron chi connectivity index (χ0n) is 10.5. The number of para-hydroxylation sites is 1. The molecule has 2 N–H and O–H groups in total. The molecule has 0 aliphatic heterocycles. The highest BCUT2D eigenvalue weighted by Crippen LogP contribution is 2.20. The van der Waals surface area contributed by atoms with Gasteiger partial charge in [0, 0.05) is 5.39 Å². The lowest BCUT2D eigenvalue weighted by Gasteiger charge is -2.07. The molecule has 0 saturated heterocycles. The average molecular weight is 267 g/mol. The van der Waals surface area contributed by atoms with E-state index in [1.807, 2.05) is 38.1 Å². The largest absolute Gasteiger partial charge is 0.276 e. The van der Waals surface area contributed by atoms with Gasteiger partial charge in [-0.1, -0.05) is 26.0 Å². The van der Waals surface area contributed by atoms with E-state index in [-0.39, 0.29) is 5.75 Å². The van der Waals surface area contributed by atoms with Crippen molar-refractivity contribution >= 4 is 26.7 Å². The molecule has 0 fully saturated rings.